The van der Waals surface area contributed by atoms with Gasteiger partial charge in [-0.2, -0.15) is 0 Å². The maximum atomic E-state index is 12.0. The Morgan fingerprint density at radius 3 is 2.86 bits per heavy atom. The van der Waals surface area contributed by atoms with Gasteiger partial charge >= 0.3 is 12.0 Å². The van der Waals surface area contributed by atoms with Crippen molar-refractivity contribution in [3.8, 4) is 0 Å². The van der Waals surface area contributed by atoms with E-state index in [0.717, 1.165) is 18.5 Å². The maximum Gasteiger partial charge on any atom is 0.335 e. The van der Waals surface area contributed by atoms with Crippen LogP contribution in [0.2, 0.25) is 0 Å². The number of hydrogen-bond donors (Lipinski definition) is 2. The van der Waals surface area contributed by atoms with Gasteiger partial charge in [0.15, 0.2) is 0 Å². The molecule has 2 amide bonds. The highest BCUT2D eigenvalue weighted by atomic mass is 16.4. The van der Waals surface area contributed by atoms with E-state index in [9.17, 15) is 9.59 Å². The Morgan fingerprint density at radius 2 is 2.19 bits per heavy atom. The molecule has 1 heterocycles. The van der Waals surface area contributed by atoms with Crippen molar-refractivity contribution < 1.29 is 14.7 Å². The summed E-state index contributed by atoms with van der Waals surface area (Å²) in [6.07, 6.45) is 3.61. The number of rotatable bonds is 4. The van der Waals surface area contributed by atoms with E-state index in [2.05, 4.69) is 18.3 Å². The molecule has 0 aromatic heterocycles. The third kappa shape index (κ3) is 4.34. The summed E-state index contributed by atoms with van der Waals surface area (Å²) in [6, 6.07) is 6.73. The Hall–Kier alpha value is -2.30. The molecule has 0 saturated heterocycles. The molecule has 1 aliphatic rings. The monoisotopic (exact) mass is 288 g/mol. The summed E-state index contributed by atoms with van der Waals surface area (Å²) >= 11 is 0. The molecule has 1 aliphatic heterocycles. The smallest absolute Gasteiger partial charge is 0.335 e. The summed E-state index contributed by atoms with van der Waals surface area (Å²) in [5, 5.41) is 11.8. The van der Waals surface area contributed by atoms with E-state index in [1.165, 1.54) is 5.57 Å². The Balaban J connectivity index is 1.80. The van der Waals surface area contributed by atoms with Crippen LogP contribution in [0.4, 0.5) is 4.79 Å². The minimum absolute atomic E-state index is 0.0619. The first-order valence-corrected chi connectivity index (χ1v) is 7.07. The molecule has 0 atom stereocenters. The van der Waals surface area contributed by atoms with Gasteiger partial charge < -0.3 is 15.3 Å². The van der Waals surface area contributed by atoms with Crippen LogP contribution in [0.25, 0.3) is 0 Å². The molecule has 5 heteroatoms. The molecule has 21 heavy (non-hydrogen) atoms. The fourth-order valence-corrected chi connectivity index (χ4v) is 2.24. The molecule has 0 bridgehead atoms. The average Bonchev–Trinajstić information content (AvgIpc) is 2.48. The quantitative estimate of drug-likeness (QED) is 0.835. The first kappa shape index (κ1) is 15.1. The van der Waals surface area contributed by atoms with Gasteiger partial charge in [-0.3, -0.25) is 0 Å². The lowest BCUT2D eigenvalue weighted by molar-refractivity contribution is 0.0696. The van der Waals surface area contributed by atoms with Gasteiger partial charge in [-0.1, -0.05) is 23.8 Å². The molecule has 0 saturated carbocycles. The third-order valence-electron chi connectivity index (χ3n) is 3.59. The standard InChI is InChI=1S/C16H20N2O3/c1-12-6-9-18(10-7-12)16(21)17-8-5-13-3-2-4-14(11-13)15(19)20/h2-4,6,11H,5,7-10H2,1H3,(H,17,21)(H,19,20). The lowest BCUT2D eigenvalue weighted by Gasteiger charge is -2.25. The number of carbonyl (C=O) groups is 2. The highest BCUT2D eigenvalue weighted by molar-refractivity contribution is 5.87. The molecule has 112 valence electrons. The maximum absolute atomic E-state index is 12.0. The van der Waals surface area contributed by atoms with Crippen LogP contribution in [-0.2, 0) is 6.42 Å². The molecule has 1 aromatic rings. The molecular weight excluding hydrogens is 268 g/mol. The lowest BCUT2D eigenvalue weighted by atomic mass is 10.1. The zero-order valence-electron chi connectivity index (χ0n) is 12.1. The van der Waals surface area contributed by atoms with Crippen molar-refractivity contribution in [2.24, 2.45) is 0 Å². The predicted octanol–water partition coefficient (Wildman–Crippen LogP) is 2.29. The normalized spacial score (nSPS) is 14.5. The van der Waals surface area contributed by atoms with Crippen molar-refractivity contribution in [3.63, 3.8) is 0 Å². The van der Waals surface area contributed by atoms with E-state index < -0.39 is 5.97 Å². The van der Waals surface area contributed by atoms with E-state index in [4.69, 9.17) is 5.11 Å². The zero-order valence-corrected chi connectivity index (χ0v) is 12.1. The van der Waals surface area contributed by atoms with Gasteiger partial charge in [0.25, 0.3) is 0 Å². The summed E-state index contributed by atoms with van der Waals surface area (Å²) in [6.45, 7) is 3.99. The van der Waals surface area contributed by atoms with Gasteiger partial charge in [-0.15, -0.1) is 0 Å². The second-order valence-electron chi connectivity index (χ2n) is 5.23. The number of hydrogen-bond acceptors (Lipinski definition) is 2. The zero-order chi connectivity index (χ0) is 15.2. The molecule has 0 fully saturated rings. The largest absolute Gasteiger partial charge is 0.478 e. The number of benzene rings is 1. The van der Waals surface area contributed by atoms with Crippen molar-refractivity contribution in [2.45, 2.75) is 19.8 Å². The van der Waals surface area contributed by atoms with Crippen LogP contribution in [0.5, 0.6) is 0 Å². The van der Waals surface area contributed by atoms with E-state index >= 15 is 0 Å². The van der Waals surface area contributed by atoms with Gasteiger partial charge in [0.05, 0.1) is 5.56 Å². The van der Waals surface area contributed by atoms with Crippen molar-refractivity contribution in [2.75, 3.05) is 19.6 Å². The van der Waals surface area contributed by atoms with E-state index in [0.29, 0.717) is 19.5 Å². The van der Waals surface area contributed by atoms with Gasteiger partial charge in [0.1, 0.15) is 0 Å². The summed E-state index contributed by atoms with van der Waals surface area (Å²) in [4.78, 5) is 24.6. The number of carboxylic acids is 1. The summed E-state index contributed by atoms with van der Waals surface area (Å²) in [5.41, 5.74) is 2.50. The van der Waals surface area contributed by atoms with E-state index in [1.54, 1.807) is 23.1 Å². The second-order valence-corrected chi connectivity index (χ2v) is 5.23. The van der Waals surface area contributed by atoms with Crippen LogP contribution in [0.1, 0.15) is 29.3 Å². The lowest BCUT2D eigenvalue weighted by Crippen LogP contribution is -2.42. The summed E-state index contributed by atoms with van der Waals surface area (Å²) in [5.74, 6) is -0.934. The van der Waals surface area contributed by atoms with E-state index in [-0.39, 0.29) is 11.6 Å². The third-order valence-corrected chi connectivity index (χ3v) is 3.59. The minimum Gasteiger partial charge on any atom is -0.478 e. The van der Waals surface area contributed by atoms with Crippen LogP contribution >= 0.6 is 0 Å². The summed E-state index contributed by atoms with van der Waals surface area (Å²) in [7, 11) is 0. The highest BCUT2D eigenvalue weighted by Gasteiger charge is 2.14. The number of aromatic carboxylic acids is 1. The molecular formula is C16H20N2O3. The average molecular weight is 288 g/mol. The molecule has 0 aliphatic carbocycles. The minimum atomic E-state index is -0.934. The molecule has 0 unspecified atom stereocenters. The molecule has 0 spiro atoms. The first-order valence-electron chi connectivity index (χ1n) is 7.07. The van der Waals surface area contributed by atoms with Crippen LogP contribution in [-0.4, -0.2) is 41.6 Å². The Kier molecular flexibility index (Phi) is 4.98. The van der Waals surface area contributed by atoms with Crippen molar-refractivity contribution in [1.29, 1.82) is 0 Å². The van der Waals surface area contributed by atoms with E-state index in [1.807, 2.05) is 6.07 Å². The molecule has 2 rings (SSSR count). The number of nitrogens with zero attached hydrogens (tertiary/aromatic N) is 1. The summed E-state index contributed by atoms with van der Waals surface area (Å²) < 4.78 is 0. The van der Waals surface area contributed by atoms with Crippen LogP contribution in [0, 0.1) is 0 Å². The van der Waals surface area contributed by atoms with Crippen LogP contribution in [0.15, 0.2) is 35.9 Å². The SMILES string of the molecule is CC1=CCN(C(=O)NCCc2cccc(C(=O)O)c2)CC1. The Morgan fingerprint density at radius 1 is 1.38 bits per heavy atom. The van der Waals surface area contributed by atoms with Gasteiger partial charge in [0, 0.05) is 19.6 Å². The fraction of sp³-hybridized carbons (Fsp3) is 0.375. The number of carbonyl (C=O) groups excluding carboxylic acids is 1. The first-order chi connectivity index (χ1) is 10.1. The van der Waals surface area contributed by atoms with Crippen molar-refractivity contribution in [3.05, 3.63) is 47.0 Å². The van der Waals surface area contributed by atoms with Gasteiger partial charge in [-0.25, -0.2) is 9.59 Å². The molecule has 0 radical (unpaired) electrons. The molecule has 2 N–H and O–H groups in total. The molecule has 5 nitrogen and oxygen atoms in total. The van der Waals surface area contributed by atoms with Gasteiger partial charge in [-0.05, 0) is 37.5 Å². The van der Waals surface area contributed by atoms with Crippen molar-refractivity contribution >= 4 is 12.0 Å². The number of carboxylic acid groups (broad SMARTS) is 1. The number of urea groups is 1. The number of nitrogens with one attached hydrogen (secondary N) is 1. The van der Waals surface area contributed by atoms with Crippen molar-refractivity contribution in [1.82, 2.24) is 10.2 Å². The topological polar surface area (TPSA) is 69.6 Å². The Bertz CT molecular complexity index is 566. The predicted molar refractivity (Wildman–Crippen MR) is 80.5 cm³/mol. The Labute approximate surface area is 124 Å². The molecule has 1 aromatic carbocycles. The fourth-order valence-electron chi connectivity index (χ4n) is 2.24. The number of amides is 2. The van der Waals surface area contributed by atoms with Crippen LogP contribution in [0.3, 0.4) is 0 Å². The van der Waals surface area contributed by atoms with Crippen LogP contribution < -0.4 is 5.32 Å². The van der Waals surface area contributed by atoms with Gasteiger partial charge in [0.2, 0.25) is 0 Å². The second kappa shape index (κ2) is 6.92. The highest BCUT2D eigenvalue weighted by Crippen LogP contribution is 2.09.